The Labute approximate surface area is 139 Å². The Kier molecular flexibility index (Phi) is 3.97. The first-order valence-electron chi connectivity index (χ1n) is 7.25. The van der Waals surface area contributed by atoms with Crippen molar-refractivity contribution in [3.8, 4) is 16.8 Å². The maximum atomic E-state index is 11.7. The normalized spacial score (nSPS) is 10.7. The molecular weight excluding hydrogens is 310 g/mol. The Morgan fingerprint density at radius 1 is 1.00 bits per heavy atom. The number of aromatic nitrogens is 1. The summed E-state index contributed by atoms with van der Waals surface area (Å²) < 4.78 is 1.88. The molecule has 3 nitrogen and oxygen atoms in total. The molecule has 3 rings (SSSR count). The molecule has 23 heavy (non-hydrogen) atoms. The molecule has 4 heteroatoms. The van der Waals surface area contributed by atoms with E-state index in [1.165, 1.54) is 0 Å². The van der Waals surface area contributed by atoms with Gasteiger partial charge >= 0.3 is 5.97 Å². The molecular formula is C19H16ClNO2. The van der Waals surface area contributed by atoms with Crippen LogP contribution in [0.2, 0.25) is 5.02 Å². The molecule has 0 fully saturated rings. The van der Waals surface area contributed by atoms with E-state index in [-0.39, 0.29) is 0 Å². The van der Waals surface area contributed by atoms with Crippen LogP contribution < -0.4 is 0 Å². The number of aromatic carboxylic acids is 1. The summed E-state index contributed by atoms with van der Waals surface area (Å²) in [7, 11) is 0. The molecule has 3 aromatic rings. The van der Waals surface area contributed by atoms with Gasteiger partial charge in [-0.05, 0) is 43.7 Å². The Morgan fingerprint density at radius 3 is 2.17 bits per heavy atom. The van der Waals surface area contributed by atoms with E-state index in [0.717, 1.165) is 16.8 Å². The first-order valence-corrected chi connectivity index (χ1v) is 7.63. The van der Waals surface area contributed by atoms with Gasteiger partial charge in [-0.2, -0.15) is 0 Å². The second-order valence-corrected chi connectivity index (χ2v) is 5.96. The lowest BCUT2D eigenvalue weighted by Gasteiger charge is -2.06. The van der Waals surface area contributed by atoms with Crippen LogP contribution in [-0.4, -0.2) is 15.6 Å². The highest BCUT2D eigenvalue weighted by Gasteiger charge is 2.20. The molecule has 0 aliphatic heterocycles. The van der Waals surface area contributed by atoms with E-state index in [0.29, 0.717) is 21.8 Å². The van der Waals surface area contributed by atoms with Crippen LogP contribution in [0.1, 0.15) is 21.6 Å². The molecule has 0 saturated heterocycles. The first-order chi connectivity index (χ1) is 11.0. The SMILES string of the molecule is Cc1ccc(-c2cn(-c3ccc(Cl)cc3)c(C)c2C(=O)O)cc1. The number of carboxylic acid groups (broad SMARTS) is 1. The fourth-order valence-electron chi connectivity index (χ4n) is 2.70. The number of nitrogens with zero attached hydrogens (tertiary/aromatic N) is 1. The molecule has 1 N–H and O–H groups in total. The van der Waals surface area contributed by atoms with Crippen molar-refractivity contribution in [2.24, 2.45) is 0 Å². The van der Waals surface area contributed by atoms with E-state index in [1.807, 2.05) is 61.0 Å². The van der Waals surface area contributed by atoms with Crippen LogP contribution in [0, 0.1) is 13.8 Å². The smallest absolute Gasteiger partial charge is 0.338 e. The van der Waals surface area contributed by atoms with Gasteiger partial charge < -0.3 is 9.67 Å². The van der Waals surface area contributed by atoms with Gasteiger partial charge in [0.15, 0.2) is 0 Å². The summed E-state index contributed by atoms with van der Waals surface area (Å²) in [6, 6.07) is 15.2. The minimum atomic E-state index is -0.925. The summed E-state index contributed by atoms with van der Waals surface area (Å²) in [5.41, 5.74) is 4.64. The van der Waals surface area contributed by atoms with E-state index >= 15 is 0 Å². The molecule has 0 saturated carbocycles. The second-order valence-electron chi connectivity index (χ2n) is 5.52. The van der Waals surface area contributed by atoms with Gasteiger partial charge in [-0.3, -0.25) is 0 Å². The Morgan fingerprint density at radius 2 is 1.61 bits per heavy atom. The van der Waals surface area contributed by atoms with Gasteiger partial charge in [-0.1, -0.05) is 41.4 Å². The number of aryl methyl sites for hydroxylation is 1. The summed E-state index contributed by atoms with van der Waals surface area (Å²) in [4.78, 5) is 11.7. The number of benzene rings is 2. The van der Waals surface area contributed by atoms with E-state index in [4.69, 9.17) is 11.6 Å². The van der Waals surface area contributed by atoms with E-state index < -0.39 is 5.97 Å². The molecule has 0 unspecified atom stereocenters. The molecule has 0 bridgehead atoms. The molecule has 0 radical (unpaired) electrons. The highest BCUT2D eigenvalue weighted by atomic mass is 35.5. The lowest BCUT2D eigenvalue weighted by molar-refractivity contribution is 0.0697. The van der Waals surface area contributed by atoms with Crippen LogP contribution in [0.25, 0.3) is 16.8 Å². The summed E-state index contributed by atoms with van der Waals surface area (Å²) in [6.45, 7) is 3.82. The van der Waals surface area contributed by atoms with Crippen molar-refractivity contribution in [1.82, 2.24) is 4.57 Å². The Balaban J connectivity index is 2.20. The van der Waals surface area contributed by atoms with Crippen LogP contribution in [0.3, 0.4) is 0 Å². The number of hydrogen-bond donors (Lipinski definition) is 1. The van der Waals surface area contributed by atoms with E-state index in [2.05, 4.69) is 0 Å². The van der Waals surface area contributed by atoms with Gasteiger partial charge in [0, 0.05) is 28.2 Å². The second kappa shape index (κ2) is 5.94. The summed E-state index contributed by atoms with van der Waals surface area (Å²) in [5.74, 6) is -0.925. The third-order valence-corrected chi connectivity index (χ3v) is 4.18. The topological polar surface area (TPSA) is 42.2 Å². The van der Waals surface area contributed by atoms with Gasteiger partial charge in [0.25, 0.3) is 0 Å². The quantitative estimate of drug-likeness (QED) is 0.726. The molecule has 2 aromatic carbocycles. The Hall–Kier alpha value is -2.52. The van der Waals surface area contributed by atoms with Gasteiger partial charge in [-0.25, -0.2) is 4.79 Å². The zero-order valence-electron chi connectivity index (χ0n) is 12.9. The summed E-state index contributed by atoms with van der Waals surface area (Å²) >= 11 is 5.93. The fraction of sp³-hybridized carbons (Fsp3) is 0.105. The van der Waals surface area contributed by atoms with Crippen molar-refractivity contribution in [3.05, 3.63) is 76.6 Å². The Bertz CT molecular complexity index is 862. The fourth-order valence-corrected chi connectivity index (χ4v) is 2.82. The average Bonchev–Trinajstić information content (AvgIpc) is 2.86. The number of carboxylic acids is 1. The molecule has 0 aliphatic rings. The van der Waals surface area contributed by atoms with Gasteiger partial charge in [0.05, 0.1) is 5.56 Å². The van der Waals surface area contributed by atoms with Crippen LogP contribution in [-0.2, 0) is 0 Å². The van der Waals surface area contributed by atoms with Crippen LogP contribution in [0.15, 0.2) is 54.7 Å². The van der Waals surface area contributed by atoms with Crippen molar-refractivity contribution >= 4 is 17.6 Å². The highest BCUT2D eigenvalue weighted by molar-refractivity contribution is 6.30. The summed E-state index contributed by atoms with van der Waals surface area (Å²) in [5, 5.41) is 10.3. The van der Waals surface area contributed by atoms with E-state index in [9.17, 15) is 9.90 Å². The molecule has 0 atom stereocenters. The van der Waals surface area contributed by atoms with Crippen molar-refractivity contribution in [3.63, 3.8) is 0 Å². The predicted octanol–water partition coefficient (Wildman–Crippen LogP) is 5.11. The molecule has 0 amide bonds. The van der Waals surface area contributed by atoms with Gasteiger partial charge in [0.1, 0.15) is 0 Å². The highest BCUT2D eigenvalue weighted by Crippen LogP contribution is 2.30. The van der Waals surface area contributed by atoms with Crippen molar-refractivity contribution < 1.29 is 9.90 Å². The number of carbonyl (C=O) groups is 1. The van der Waals surface area contributed by atoms with Gasteiger partial charge in [0.2, 0.25) is 0 Å². The number of hydrogen-bond acceptors (Lipinski definition) is 1. The molecule has 0 aliphatic carbocycles. The molecule has 116 valence electrons. The van der Waals surface area contributed by atoms with Gasteiger partial charge in [-0.15, -0.1) is 0 Å². The summed E-state index contributed by atoms with van der Waals surface area (Å²) in [6.07, 6.45) is 1.87. The average molecular weight is 326 g/mol. The van der Waals surface area contributed by atoms with Crippen LogP contribution >= 0.6 is 11.6 Å². The third kappa shape index (κ3) is 2.88. The lowest BCUT2D eigenvalue weighted by Crippen LogP contribution is -2.02. The maximum Gasteiger partial charge on any atom is 0.338 e. The largest absolute Gasteiger partial charge is 0.478 e. The lowest BCUT2D eigenvalue weighted by atomic mass is 10.0. The van der Waals surface area contributed by atoms with Crippen molar-refractivity contribution in [2.75, 3.05) is 0 Å². The molecule has 0 spiro atoms. The standard InChI is InChI=1S/C19H16ClNO2/c1-12-3-5-14(6-4-12)17-11-21(13(2)18(17)19(22)23)16-9-7-15(20)8-10-16/h3-11H,1-2H3,(H,22,23). The predicted molar refractivity (Wildman–Crippen MR) is 92.6 cm³/mol. The van der Waals surface area contributed by atoms with Crippen molar-refractivity contribution in [2.45, 2.75) is 13.8 Å². The monoisotopic (exact) mass is 325 g/mol. The first kappa shape index (κ1) is 15.4. The maximum absolute atomic E-state index is 11.7. The minimum Gasteiger partial charge on any atom is -0.478 e. The zero-order valence-corrected chi connectivity index (χ0v) is 13.6. The molecule has 1 heterocycles. The van der Waals surface area contributed by atoms with Crippen molar-refractivity contribution in [1.29, 1.82) is 0 Å². The molecule has 1 aromatic heterocycles. The number of rotatable bonds is 3. The minimum absolute atomic E-state index is 0.323. The zero-order chi connectivity index (χ0) is 16.6. The van der Waals surface area contributed by atoms with E-state index in [1.54, 1.807) is 12.1 Å². The third-order valence-electron chi connectivity index (χ3n) is 3.93. The van der Waals surface area contributed by atoms with Crippen LogP contribution in [0.4, 0.5) is 0 Å². The number of halogens is 1. The van der Waals surface area contributed by atoms with Crippen LogP contribution in [0.5, 0.6) is 0 Å².